The van der Waals surface area contributed by atoms with Crippen LogP contribution in [0.25, 0.3) is 0 Å². The smallest absolute Gasteiger partial charge is 0.132 e. The first kappa shape index (κ1) is 17.7. The van der Waals surface area contributed by atoms with E-state index in [4.69, 9.17) is 9.47 Å². The summed E-state index contributed by atoms with van der Waals surface area (Å²) >= 11 is 0. The number of carbonyl (C=O) groups is 1. The van der Waals surface area contributed by atoms with Crippen molar-refractivity contribution in [1.29, 1.82) is 0 Å². The van der Waals surface area contributed by atoms with E-state index in [1.165, 1.54) is 6.92 Å². The van der Waals surface area contributed by atoms with Crippen molar-refractivity contribution >= 4 is 5.78 Å². The van der Waals surface area contributed by atoms with Gasteiger partial charge in [-0.25, -0.2) is 0 Å². The topological polar surface area (TPSA) is 55.8 Å². The van der Waals surface area contributed by atoms with E-state index >= 15 is 0 Å². The lowest BCUT2D eigenvalue weighted by atomic mass is 9.98. The summed E-state index contributed by atoms with van der Waals surface area (Å²) < 4.78 is 11.0. The lowest BCUT2D eigenvalue weighted by Gasteiger charge is -2.24. The molecule has 0 unspecified atom stereocenters. The average molecular weight is 294 g/mol. The Labute approximate surface area is 127 Å². The van der Waals surface area contributed by atoms with Crippen LogP contribution < -0.4 is 4.74 Å². The van der Waals surface area contributed by atoms with Crippen molar-refractivity contribution in [2.45, 2.75) is 52.4 Å². The molecule has 1 aromatic carbocycles. The van der Waals surface area contributed by atoms with Crippen LogP contribution in [0, 0.1) is 5.92 Å². The van der Waals surface area contributed by atoms with Gasteiger partial charge in [-0.3, -0.25) is 4.79 Å². The van der Waals surface area contributed by atoms with E-state index in [-0.39, 0.29) is 24.2 Å². The summed E-state index contributed by atoms with van der Waals surface area (Å²) in [6, 6.07) is 7.71. The number of Topliss-reactive ketones (excluding diaryl/α,β-unsaturated/α-hetero) is 1. The Morgan fingerprint density at radius 1 is 1.24 bits per heavy atom. The van der Waals surface area contributed by atoms with Gasteiger partial charge in [0.1, 0.15) is 11.5 Å². The Morgan fingerprint density at radius 3 is 2.33 bits per heavy atom. The fourth-order valence-corrected chi connectivity index (χ4v) is 2.14. The maximum absolute atomic E-state index is 11.0. The van der Waals surface area contributed by atoms with Gasteiger partial charge in [-0.05, 0) is 30.5 Å². The van der Waals surface area contributed by atoms with Gasteiger partial charge in [-0.15, -0.1) is 0 Å². The molecule has 0 radical (unpaired) electrons. The number of aliphatic hydroxyl groups is 1. The maximum atomic E-state index is 11.0. The second kappa shape index (κ2) is 8.80. The minimum atomic E-state index is -0.634. The van der Waals surface area contributed by atoms with E-state index in [0.717, 1.165) is 11.3 Å². The van der Waals surface area contributed by atoms with Crippen molar-refractivity contribution in [3.05, 3.63) is 29.8 Å². The van der Waals surface area contributed by atoms with Crippen molar-refractivity contribution < 1.29 is 19.4 Å². The van der Waals surface area contributed by atoms with Crippen molar-refractivity contribution in [2.24, 2.45) is 5.92 Å². The molecule has 118 valence electrons. The summed E-state index contributed by atoms with van der Waals surface area (Å²) in [7, 11) is 1.64. The SMILES string of the molecule is COc1ccc(CO[C@H](C[C@@H](O)CC(C)=O)C(C)C)cc1. The van der Waals surface area contributed by atoms with E-state index in [1.54, 1.807) is 7.11 Å². The van der Waals surface area contributed by atoms with E-state index in [9.17, 15) is 9.90 Å². The van der Waals surface area contributed by atoms with Gasteiger partial charge in [0.2, 0.25) is 0 Å². The van der Waals surface area contributed by atoms with Crippen LogP contribution in [0.5, 0.6) is 5.75 Å². The van der Waals surface area contributed by atoms with Crippen LogP contribution in [0.1, 0.15) is 39.2 Å². The first-order valence-corrected chi connectivity index (χ1v) is 7.34. The molecule has 0 bridgehead atoms. The molecule has 4 nitrogen and oxygen atoms in total. The highest BCUT2D eigenvalue weighted by molar-refractivity contribution is 5.75. The minimum absolute atomic E-state index is 0.000149. The Kier molecular flexibility index (Phi) is 7.40. The van der Waals surface area contributed by atoms with Gasteiger partial charge >= 0.3 is 0 Å². The zero-order valence-electron chi connectivity index (χ0n) is 13.3. The second-order valence-electron chi connectivity index (χ2n) is 5.74. The van der Waals surface area contributed by atoms with Crippen molar-refractivity contribution in [3.63, 3.8) is 0 Å². The molecular formula is C17H26O4. The standard InChI is InChI=1S/C17H26O4/c1-12(2)17(10-15(19)9-13(3)18)21-11-14-5-7-16(20-4)8-6-14/h5-8,12,15,17,19H,9-11H2,1-4H3/t15-,17+/m0/s1. The third-order valence-electron chi connectivity index (χ3n) is 3.39. The summed E-state index contributed by atoms with van der Waals surface area (Å²) in [4.78, 5) is 11.0. The molecule has 21 heavy (non-hydrogen) atoms. The number of ether oxygens (including phenoxy) is 2. The summed E-state index contributed by atoms with van der Waals surface area (Å²) in [5.41, 5.74) is 1.06. The molecule has 0 fully saturated rings. The largest absolute Gasteiger partial charge is 0.497 e. The molecule has 0 aromatic heterocycles. The quantitative estimate of drug-likeness (QED) is 0.761. The monoisotopic (exact) mass is 294 g/mol. The highest BCUT2D eigenvalue weighted by Gasteiger charge is 2.19. The highest BCUT2D eigenvalue weighted by atomic mass is 16.5. The van der Waals surface area contributed by atoms with E-state index in [1.807, 2.05) is 24.3 Å². The number of hydrogen-bond acceptors (Lipinski definition) is 4. The van der Waals surface area contributed by atoms with E-state index < -0.39 is 6.10 Å². The van der Waals surface area contributed by atoms with Gasteiger partial charge < -0.3 is 14.6 Å². The van der Waals surface area contributed by atoms with Gasteiger partial charge in [0.05, 0.1) is 25.9 Å². The number of aliphatic hydroxyl groups excluding tert-OH is 1. The Morgan fingerprint density at radius 2 is 1.86 bits per heavy atom. The molecule has 0 aliphatic rings. The Hall–Kier alpha value is -1.39. The molecule has 1 N–H and O–H groups in total. The average Bonchev–Trinajstić information content (AvgIpc) is 2.42. The summed E-state index contributed by atoms with van der Waals surface area (Å²) in [6.45, 7) is 6.09. The van der Waals surface area contributed by atoms with Crippen molar-refractivity contribution in [3.8, 4) is 5.75 Å². The summed E-state index contributed by atoms with van der Waals surface area (Å²) in [5, 5.41) is 9.89. The normalized spacial score (nSPS) is 14.0. The zero-order chi connectivity index (χ0) is 15.8. The minimum Gasteiger partial charge on any atom is -0.497 e. The second-order valence-corrected chi connectivity index (χ2v) is 5.74. The predicted octanol–water partition coefficient (Wildman–Crippen LogP) is 2.97. The molecule has 0 heterocycles. The Balaban J connectivity index is 2.51. The number of carbonyl (C=O) groups excluding carboxylic acids is 1. The number of hydrogen-bond donors (Lipinski definition) is 1. The fraction of sp³-hybridized carbons (Fsp3) is 0.588. The third kappa shape index (κ3) is 6.74. The van der Waals surface area contributed by atoms with E-state index in [0.29, 0.717) is 13.0 Å². The molecule has 1 rings (SSSR count). The summed E-state index contributed by atoms with van der Waals surface area (Å²) in [6.07, 6.45) is -0.0325. The van der Waals surface area contributed by atoms with Crippen LogP contribution in [0.2, 0.25) is 0 Å². The molecule has 4 heteroatoms. The van der Waals surface area contributed by atoms with Gasteiger partial charge in [0, 0.05) is 12.8 Å². The molecule has 0 aliphatic heterocycles. The van der Waals surface area contributed by atoms with Gasteiger partial charge in [-0.1, -0.05) is 26.0 Å². The van der Waals surface area contributed by atoms with Crippen molar-refractivity contribution in [1.82, 2.24) is 0 Å². The first-order valence-electron chi connectivity index (χ1n) is 7.34. The molecule has 0 saturated heterocycles. The number of methoxy groups -OCH3 is 1. The van der Waals surface area contributed by atoms with Gasteiger partial charge in [0.15, 0.2) is 0 Å². The molecular weight excluding hydrogens is 268 g/mol. The Bertz CT molecular complexity index is 425. The number of rotatable bonds is 9. The van der Waals surface area contributed by atoms with Crippen LogP contribution >= 0.6 is 0 Å². The van der Waals surface area contributed by atoms with Crippen LogP contribution in [0.15, 0.2) is 24.3 Å². The lowest BCUT2D eigenvalue weighted by molar-refractivity contribution is -0.119. The lowest BCUT2D eigenvalue weighted by Crippen LogP contribution is -2.26. The number of ketones is 1. The van der Waals surface area contributed by atoms with Gasteiger partial charge in [-0.2, -0.15) is 0 Å². The molecule has 0 aliphatic carbocycles. The predicted molar refractivity (Wildman–Crippen MR) is 82.3 cm³/mol. The summed E-state index contributed by atoms with van der Waals surface area (Å²) in [5.74, 6) is 1.10. The van der Waals surface area contributed by atoms with Crippen molar-refractivity contribution in [2.75, 3.05) is 7.11 Å². The fourth-order valence-electron chi connectivity index (χ4n) is 2.14. The molecule has 1 aromatic rings. The van der Waals surface area contributed by atoms with Crippen LogP contribution in [-0.4, -0.2) is 30.2 Å². The molecule has 0 amide bonds. The van der Waals surface area contributed by atoms with Crippen LogP contribution in [0.3, 0.4) is 0 Å². The maximum Gasteiger partial charge on any atom is 0.132 e. The number of benzene rings is 1. The van der Waals surface area contributed by atoms with Gasteiger partial charge in [0.25, 0.3) is 0 Å². The molecule has 0 spiro atoms. The molecule has 2 atom stereocenters. The zero-order valence-corrected chi connectivity index (χ0v) is 13.3. The first-order chi connectivity index (χ1) is 9.92. The molecule has 0 saturated carbocycles. The third-order valence-corrected chi connectivity index (χ3v) is 3.39. The highest BCUT2D eigenvalue weighted by Crippen LogP contribution is 2.18. The van der Waals surface area contributed by atoms with Crippen LogP contribution in [-0.2, 0) is 16.1 Å². The van der Waals surface area contributed by atoms with E-state index in [2.05, 4.69) is 13.8 Å². The van der Waals surface area contributed by atoms with Crippen LogP contribution in [0.4, 0.5) is 0 Å².